The van der Waals surface area contributed by atoms with E-state index < -0.39 is 5.97 Å². The Hall–Kier alpha value is -3.18. The summed E-state index contributed by atoms with van der Waals surface area (Å²) in [5, 5.41) is 28.5. The number of aromatic hydroxyl groups is 2. The molecule has 3 aromatic rings. The number of carbonyl (C=O) groups is 1. The van der Waals surface area contributed by atoms with Gasteiger partial charge in [0.05, 0.1) is 0 Å². The lowest BCUT2D eigenvalue weighted by Gasteiger charge is -2.34. The van der Waals surface area contributed by atoms with Crippen molar-refractivity contribution in [3.63, 3.8) is 0 Å². The van der Waals surface area contributed by atoms with Crippen LogP contribution in [0.3, 0.4) is 0 Å². The Morgan fingerprint density at radius 2 is 1.69 bits per heavy atom. The van der Waals surface area contributed by atoms with E-state index in [1.807, 2.05) is 36.4 Å². The van der Waals surface area contributed by atoms with Crippen molar-refractivity contribution < 1.29 is 20.1 Å². The molecule has 5 heteroatoms. The Morgan fingerprint density at radius 3 is 2.45 bits per heavy atom. The van der Waals surface area contributed by atoms with Crippen LogP contribution < -0.4 is 0 Å². The molecule has 0 spiro atoms. The van der Waals surface area contributed by atoms with E-state index in [4.69, 9.17) is 5.11 Å². The van der Waals surface area contributed by atoms with Crippen molar-refractivity contribution in [1.82, 2.24) is 0 Å². The molecule has 4 rings (SSSR count). The molecule has 4 nitrogen and oxygen atoms in total. The third-order valence-corrected chi connectivity index (χ3v) is 6.35. The van der Waals surface area contributed by atoms with Crippen LogP contribution in [0.5, 0.6) is 11.5 Å². The maximum atomic E-state index is 10.9. The van der Waals surface area contributed by atoms with Gasteiger partial charge in [-0.2, -0.15) is 0 Å². The Bertz CT molecular complexity index is 1070. The van der Waals surface area contributed by atoms with Crippen LogP contribution in [-0.4, -0.2) is 27.0 Å². The predicted molar refractivity (Wildman–Crippen MR) is 115 cm³/mol. The molecule has 1 heterocycles. The van der Waals surface area contributed by atoms with Crippen molar-refractivity contribution in [2.24, 2.45) is 0 Å². The summed E-state index contributed by atoms with van der Waals surface area (Å²) in [5.41, 5.74) is 4.18. The molecule has 146 valence electrons. The molecule has 29 heavy (non-hydrogen) atoms. The fourth-order valence-electron chi connectivity index (χ4n) is 3.84. The van der Waals surface area contributed by atoms with Crippen LogP contribution in [0.25, 0.3) is 6.08 Å². The summed E-state index contributed by atoms with van der Waals surface area (Å²) in [4.78, 5) is 11.9. The van der Waals surface area contributed by atoms with E-state index in [0.29, 0.717) is 0 Å². The first-order chi connectivity index (χ1) is 14.0. The van der Waals surface area contributed by atoms with E-state index in [2.05, 4.69) is 6.07 Å². The predicted octanol–water partition coefficient (Wildman–Crippen LogP) is 5.22. The molecular formula is C24H20O4S. The number of phenolic OH excluding ortho intramolecular Hbond substituents is 2. The van der Waals surface area contributed by atoms with Crippen molar-refractivity contribution in [1.29, 1.82) is 0 Å². The van der Waals surface area contributed by atoms with Gasteiger partial charge >= 0.3 is 5.97 Å². The fourth-order valence-corrected chi connectivity index (χ4v) is 5.15. The van der Waals surface area contributed by atoms with Crippen LogP contribution in [0, 0.1) is 0 Å². The van der Waals surface area contributed by atoms with Gasteiger partial charge in [0, 0.05) is 28.6 Å². The average Bonchev–Trinajstić information content (AvgIpc) is 2.72. The molecule has 1 aliphatic rings. The maximum absolute atomic E-state index is 10.9. The first kappa shape index (κ1) is 19.2. The van der Waals surface area contributed by atoms with Crippen LogP contribution in [0.15, 0.2) is 77.7 Å². The zero-order valence-electron chi connectivity index (χ0n) is 15.5. The second-order valence-corrected chi connectivity index (χ2v) is 8.11. The standard InChI is InChI=1S/C24H20O4S/c25-18-7-5-16(6-8-18)21-14-29-22-13-19(26)9-10-20(22)24(21)17-3-1-2-15(12-17)4-11-23(27)28/h1-13,21,24-26H,14H2,(H,27,28)/t21-,24-/m1/s1. The Morgan fingerprint density at radius 1 is 0.931 bits per heavy atom. The first-order valence-electron chi connectivity index (χ1n) is 9.27. The van der Waals surface area contributed by atoms with Crippen molar-refractivity contribution in [3.05, 3.63) is 95.1 Å². The number of carboxylic acids is 1. The molecule has 3 N–H and O–H groups in total. The zero-order valence-corrected chi connectivity index (χ0v) is 16.3. The molecule has 0 amide bonds. The molecule has 1 aliphatic heterocycles. The second-order valence-electron chi connectivity index (χ2n) is 7.05. The number of rotatable bonds is 4. The first-order valence-corrected chi connectivity index (χ1v) is 10.3. The summed E-state index contributed by atoms with van der Waals surface area (Å²) < 4.78 is 0. The third kappa shape index (κ3) is 4.15. The summed E-state index contributed by atoms with van der Waals surface area (Å²) in [6.45, 7) is 0. The van der Waals surface area contributed by atoms with E-state index in [9.17, 15) is 15.0 Å². The van der Waals surface area contributed by atoms with Gasteiger partial charge in [0.15, 0.2) is 0 Å². The van der Waals surface area contributed by atoms with Crippen LogP contribution >= 0.6 is 11.8 Å². The lowest BCUT2D eigenvalue weighted by molar-refractivity contribution is -0.131. The van der Waals surface area contributed by atoms with E-state index >= 15 is 0 Å². The summed E-state index contributed by atoms with van der Waals surface area (Å²) >= 11 is 1.71. The topological polar surface area (TPSA) is 77.8 Å². The molecule has 0 fully saturated rings. The van der Waals surface area contributed by atoms with Crippen LogP contribution in [0.1, 0.15) is 34.1 Å². The maximum Gasteiger partial charge on any atom is 0.328 e. The van der Waals surface area contributed by atoms with Crippen LogP contribution in [0.4, 0.5) is 0 Å². The highest BCUT2D eigenvalue weighted by Crippen LogP contribution is 2.49. The quantitative estimate of drug-likeness (QED) is 0.520. The highest BCUT2D eigenvalue weighted by Gasteiger charge is 2.32. The van der Waals surface area contributed by atoms with E-state index in [1.165, 1.54) is 0 Å². The number of benzene rings is 3. The van der Waals surface area contributed by atoms with E-state index in [-0.39, 0.29) is 23.3 Å². The van der Waals surface area contributed by atoms with Gasteiger partial charge in [-0.1, -0.05) is 42.5 Å². The van der Waals surface area contributed by atoms with Gasteiger partial charge in [0.25, 0.3) is 0 Å². The summed E-state index contributed by atoms with van der Waals surface area (Å²) in [6.07, 6.45) is 2.73. The molecule has 0 aliphatic carbocycles. The Kier molecular flexibility index (Phi) is 5.32. The monoisotopic (exact) mass is 404 g/mol. The molecular weight excluding hydrogens is 384 g/mol. The molecule has 2 atom stereocenters. The van der Waals surface area contributed by atoms with Crippen molar-refractivity contribution in [2.75, 3.05) is 5.75 Å². The highest BCUT2D eigenvalue weighted by molar-refractivity contribution is 7.99. The minimum absolute atomic E-state index is 0.0505. The lowest BCUT2D eigenvalue weighted by Crippen LogP contribution is -2.20. The minimum atomic E-state index is -0.979. The third-order valence-electron chi connectivity index (χ3n) is 5.16. The van der Waals surface area contributed by atoms with Gasteiger partial charge in [0.1, 0.15) is 11.5 Å². The van der Waals surface area contributed by atoms with Crippen LogP contribution in [0.2, 0.25) is 0 Å². The number of fused-ring (bicyclic) bond motifs is 1. The normalized spacial score (nSPS) is 18.5. The Balaban J connectivity index is 1.82. The summed E-state index contributed by atoms with van der Waals surface area (Å²) in [5.74, 6) is 0.565. The number of thioether (sulfide) groups is 1. The fraction of sp³-hybridized carbons (Fsp3) is 0.125. The summed E-state index contributed by atoms with van der Waals surface area (Å²) in [6, 6.07) is 20.7. The van der Waals surface area contributed by atoms with Crippen molar-refractivity contribution in [2.45, 2.75) is 16.7 Å². The summed E-state index contributed by atoms with van der Waals surface area (Å²) in [7, 11) is 0. The van der Waals surface area contributed by atoms with Gasteiger partial charge in [-0.05, 0) is 52.6 Å². The van der Waals surface area contributed by atoms with Crippen LogP contribution in [-0.2, 0) is 4.79 Å². The lowest BCUT2D eigenvalue weighted by atomic mass is 9.77. The number of hydrogen-bond donors (Lipinski definition) is 3. The average molecular weight is 404 g/mol. The van der Waals surface area contributed by atoms with E-state index in [0.717, 1.165) is 39.0 Å². The Labute approximate surface area is 173 Å². The van der Waals surface area contributed by atoms with Gasteiger partial charge in [-0.15, -0.1) is 11.8 Å². The van der Waals surface area contributed by atoms with Gasteiger partial charge < -0.3 is 15.3 Å². The molecule has 0 saturated carbocycles. The van der Waals surface area contributed by atoms with Gasteiger partial charge in [-0.3, -0.25) is 0 Å². The molecule has 0 saturated heterocycles. The zero-order chi connectivity index (χ0) is 20.4. The molecule has 0 unspecified atom stereocenters. The van der Waals surface area contributed by atoms with E-state index in [1.54, 1.807) is 42.1 Å². The number of carboxylic acid groups (broad SMARTS) is 1. The van der Waals surface area contributed by atoms with Crippen molar-refractivity contribution >= 4 is 23.8 Å². The number of hydrogen-bond acceptors (Lipinski definition) is 4. The number of aliphatic carboxylic acids is 1. The molecule has 0 radical (unpaired) electrons. The van der Waals surface area contributed by atoms with Gasteiger partial charge in [0.2, 0.25) is 0 Å². The molecule has 0 aromatic heterocycles. The molecule has 0 bridgehead atoms. The SMILES string of the molecule is O=C(O)C=Cc1cccc([C@@H]2c3ccc(O)cc3SC[C@@H]2c2ccc(O)cc2)c1. The molecule has 3 aromatic carbocycles. The smallest absolute Gasteiger partial charge is 0.328 e. The van der Waals surface area contributed by atoms with Gasteiger partial charge in [-0.25, -0.2) is 4.79 Å². The van der Waals surface area contributed by atoms with Crippen molar-refractivity contribution in [3.8, 4) is 11.5 Å². The second kappa shape index (κ2) is 8.05. The minimum Gasteiger partial charge on any atom is -0.508 e. The number of phenols is 2. The highest BCUT2D eigenvalue weighted by atomic mass is 32.2. The largest absolute Gasteiger partial charge is 0.508 e.